The maximum absolute atomic E-state index is 15.0. The van der Waals surface area contributed by atoms with Gasteiger partial charge in [0.25, 0.3) is 0 Å². The fourth-order valence-corrected chi connectivity index (χ4v) is 5.12. The number of aryl methyl sites for hydroxylation is 2. The van der Waals surface area contributed by atoms with Crippen LogP contribution in [0.5, 0.6) is 0 Å². The second-order valence-corrected chi connectivity index (χ2v) is 9.55. The molecule has 1 aliphatic carbocycles. The SMILES string of the molecule is C=CC1CCC(c2ccc(-c3ccc(CCc4ccc(C5CO5)c(F)c4)cc3)c(F)c2F)CC1. The Labute approximate surface area is 199 Å². The molecule has 1 aliphatic heterocycles. The van der Waals surface area contributed by atoms with Crippen LogP contribution in [0.1, 0.15) is 60.0 Å². The van der Waals surface area contributed by atoms with E-state index in [1.165, 1.54) is 0 Å². The molecule has 3 aromatic carbocycles. The van der Waals surface area contributed by atoms with Gasteiger partial charge in [-0.2, -0.15) is 0 Å². The van der Waals surface area contributed by atoms with E-state index in [1.54, 1.807) is 24.3 Å². The minimum absolute atomic E-state index is 0.0674. The normalized spacial score (nSPS) is 21.9. The summed E-state index contributed by atoms with van der Waals surface area (Å²) in [5.74, 6) is -1.16. The molecule has 0 bridgehead atoms. The zero-order chi connectivity index (χ0) is 23.7. The molecular weight excluding hydrogens is 433 g/mol. The predicted molar refractivity (Wildman–Crippen MR) is 129 cm³/mol. The van der Waals surface area contributed by atoms with Gasteiger partial charge >= 0.3 is 0 Å². The molecule has 1 nitrogen and oxygen atoms in total. The van der Waals surface area contributed by atoms with Crippen molar-refractivity contribution < 1.29 is 17.9 Å². The average Bonchev–Trinajstić information content (AvgIpc) is 3.70. The molecule has 34 heavy (non-hydrogen) atoms. The third-order valence-electron chi connectivity index (χ3n) is 7.37. The first kappa shape index (κ1) is 22.9. The Hall–Kier alpha value is -2.85. The number of epoxide rings is 1. The maximum Gasteiger partial charge on any atom is 0.166 e. The summed E-state index contributed by atoms with van der Waals surface area (Å²) in [4.78, 5) is 0. The van der Waals surface area contributed by atoms with Crippen molar-refractivity contribution in [1.82, 2.24) is 0 Å². The summed E-state index contributed by atoms with van der Waals surface area (Å²) in [6, 6.07) is 16.3. The van der Waals surface area contributed by atoms with Crippen molar-refractivity contribution in [3.63, 3.8) is 0 Å². The molecule has 1 saturated heterocycles. The summed E-state index contributed by atoms with van der Waals surface area (Å²) < 4.78 is 49.4. The number of allylic oxidation sites excluding steroid dienone is 1. The molecule has 0 N–H and O–H groups in total. The summed E-state index contributed by atoms with van der Waals surface area (Å²) in [7, 11) is 0. The Bertz CT molecular complexity index is 1170. The summed E-state index contributed by atoms with van der Waals surface area (Å²) in [5, 5.41) is 0. The van der Waals surface area contributed by atoms with Crippen molar-refractivity contribution in [3.8, 4) is 11.1 Å². The first-order valence-corrected chi connectivity index (χ1v) is 12.1. The number of rotatable bonds is 7. The minimum atomic E-state index is -0.772. The number of halogens is 3. The Kier molecular flexibility index (Phi) is 6.60. The Morgan fingerprint density at radius 2 is 1.44 bits per heavy atom. The lowest BCUT2D eigenvalue weighted by atomic mass is 9.78. The van der Waals surface area contributed by atoms with Crippen molar-refractivity contribution in [2.75, 3.05) is 6.61 Å². The molecule has 2 aliphatic rings. The Balaban J connectivity index is 1.25. The lowest BCUT2D eigenvalue weighted by Gasteiger charge is -2.27. The predicted octanol–water partition coefficient (Wildman–Crippen LogP) is 8.09. The maximum atomic E-state index is 15.0. The molecule has 1 atom stereocenters. The number of ether oxygens (including phenoxy) is 1. The van der Waals surface area contributed by atoms with Crippen LogP contribution in [-0.4, -0.2) is 6.61 Å². The number of hydrogen-bond acceptors (Lipinski definition) is 1. The molecule has 1 saturated carbocycles. The quantitative estimate of drug-likeness (QED) is 0.255. The smallest absolute Gasteiger partial charge is 0.166 e. The molecule has 0 spiro atoms. The molecule has 176 valence electrons. The highest BCUT2D eigenvalue weighted by atomic mass is 19.2. The molecule has 0 aromatic heterocycles. The van der Waals surface area contributed by atoms with Crippen LogP contribution in [0.15, 0.2) is 67.3 Å². The van der Waals surface area contributed by atoms with E-state index in [2.05, 4.69) is 6.58 Å². The zero-order valence-electron chi connectivity index (χ0n) is 19.2. The van der Waals surface area contributed by atoms with Crippen molar-refractivity contribution in [2.24, 2.45) is 5.92 Å². The second kappa shape index (κ2) is 9.79. The van der Waals surface area contributed by atoms with Crippen molar-refractivity contribution in [2.45, 2.75) is 50.5 Å². The highest BCUT2D eigenvalue weighted by Gasteiger charge is 2.28. The molecule has 5 rings (SSSR count). The van der Waals surface area contributed by atoms with E-state index < -0.39 is 11.6 Å². The zero-order valence-corrected chi connectivity index (χ0v) is 19.2. The van der Waals surface area contributed by atoms with Crippen LogP contribution >= 0.6 is 0 Å². The first-order chi connectivity index (χ1) is 16.5. The van der Waals surface area contributed by atoms with Gasteiger partial charge in [-0.25, -0.2) is 13.2 Å². The average molecular weight is 463 g/mol. The minimum Gasteiger partial charge on any atom is -0.368 e. The van der Waals surface area contributed by atoms with Gasteiger partial charge in [0.1, 0.15) is 11.9 Å². The summed E-state index contributed by atoms with van der Waals surface area (Å²) >= 11 is 0. The molecule has 1 unspecified atom stereocenters. The molecule has 0 amide bonds. The van der Waals surface area contributed by atoms with E-state index in [9.17, 15) is 8.78 Å². The van der Waals surface area contributed by atoms with Gasteiger partial charge in [-0.05, 0) is 78.7 Å². The highest BCUT2D eigenvalue weighted by Crippen LogP contribution is 2.39. The number of hydrogen-bond donors (Lipinski definition) is 0. The first-order valence-electron chi connectivity index (χ1n) is 12.1. The third kappa shape index (κ3) is 4.83. The van der Waals surface area contributed by atoms with Crippen LogP contribution in [0, 0.1) is 23.4 Å². The van der Waals surface area contributed by atoms with Crippen LogP contribution in [0.4, 0.5) is 13.2 Å². The van der Waals surface area contributed by atoms with E-state index >= 15 is 4.39 Å². The molecule has 4 heteroatoms. The molecular formula is C30H29F3O. The second-order valence-electron chi connectivity index (χ2n) is 9.55. The number of benzene rings is 3. The highest BCUT2D eigenvalue weighted by molar-refractivity contribution is 5.65. The van der Waals surface area contributed by atoms with Gasteiger partial charge in [-0.15, -0.1) is 6.58 Å². The summed E-state index contributed by atoms with van der Waals surface area (Å²) in [6.45, 7) is 4.44. The third-order valence-corrected chi connectivity index (χ3v) is 7.37. The largest absolute Gasteiger partial charge is 0.368 e. The Morgan fingerprint density at radius 1 is 0.794 bits per heavy atom. The molecule has 2 fully saturated rings. The van der Waals surface area contributed by atoms with Crippen molar-refractivity contribution in [3.05, 3.63) is 107 Å². The fraction of sp³-hybridized carbons (Fsp3) is 0.333. The fourth-order valence-electron chi connectivity index (χ4n) is 5.12. The van der Waals surface area contributed by atoms with Gasteiger partial charge in [0, 0.05) is 11.1 Å². The lowest BCUT2D eigenvalue weighted by Crippen LogP contribution is -2.13. The summed E-state index contributed by atoms with van der Waals surface area (Å²) in [6.07, 6.45) is 7.00. The van der Waals surface area contributed by atoms with Crippen LogP contribution in [0.25, 0.3) is 11.1 Å². The van der Waals surface area contributed by atoms with E-state index in [-0.39, 0.29) is 23.4 Å². The van der Waals surface area contributed by atoms with Gasteiger partial charge in [0.05, 0.1) is 6.61 Å². The van der Waals surface area contributed by atoms with Crippen LogP contribution < -0.4 is 0 Å². The molecule has 3 aromatic rings. The lowest BCUT2D eigenvalue weighted by molar-refractivity contribution is 0.364. The Morgan fingerprint density at radius 3 is 2.09 bits per heavy atom. The van der Waals surface area contributed by atoms with Gasteiger partial charge in [0.2, 0.25) is 0 Å². The van der Waals surface area contributed by atoms with Gasteiger partial charge < -0.3 is 4.74 Å². The van der Waals surface area contributed by atoms with Crippen molar-refractivity contribution >= 4 is 0 Å². The van der Waals surface area contributed by atoms with Gasteiger partial charge in [-0.3, -0.25) is 0 Å². The van der Waals surface area contributed by atoms with Gasteiger partial charge in [0.15, 0.2) is 11.6 Å². The van der Waals surface area contributed by atoms with Crippen LogP contribution in [0.3, 0.4) is 0 Å². The van der Waals surface area contributed by atoms with Gasteiger partial charge in [-0.1, -0.05) is 54.6 Å². The van der Waals surface area contributed by atoms with E-state index in [0.29, 0.717) is 35.6 Å². The van der Waals surface area contributed by atoms with Crippen molar-refractivity contribution in [1.29, 1.82) is 0 Å². The van der Waals surface area contributed by atoms with E-state index in [0.717, 1.165) is 43.2 Å². The monoisotopic (exact) mass is 462 g/mol. The van der Waals surface area contributed by atoms with E-state index in [4.69, 9.17) is 4.74 Å². The van der Waals surface area contributed by atoms with Crippen LogP contribution in [-0.2, 0) is 17.6 Å². The summed E-state index contributed by atoms with van der Waals surface area (Å²) in [5.41, 5.74) is 4.05. The van der Waals surface area contributed by atoms with Crippen LogP contribution in [0.2, 0.25) is 0 Å². The standard InChI is InChI=1S/C30H29F3O/c1-2-19-5-10-22(11-6-19)24-15-16-25(30(33)29(24)32)23-12-7-20(8-13-23)3-4-21-9-14-26(27(31)17-21)28-18-34-28/h2,7-9,12-17,19,22,28H,1,3-6,10-11,18H2. The molecule has 1 heterocycles. The van der Waals surface area contributed by atoms with E-state index in [1.807, 2.05) is 36.4 Å². The molecule has 0 radical (unpaired) electrons. The topological polar surface area (TPSA) is 12.5 Å².